The third-order valence-electron chi connectivity index (χ3n) is 17.7. The summed E-state index contributed by atoms with van der Waals surface area (Å²) in [4.78, 5) is 25.1. The van der Waals surface area contributed by atoms with Crippen LogP contribution in [-0.2, 0) is 737 Å². The Bertz CT molecular complexity index is 1640. The molecule has 474 valence electrons. The fourth-order valence-electron chi connectivity index (χ4n) is 14.9. The SMILES string of the molecule is CC12C[C@@H](O)C3C(C1CC[C]2=[W])[C@H]1C[C@]2(CC(=O)CCC32C)OC1=O.COC1(OC)CCC2(C)C(=C[C@H](C)C3C4CC[C](=[W])C4(C)C[C@@H](O)C32)C1.[W].[W].[W].[W].[W].[W].[W].[W].[W].[W].[W].[W].[W].[W].[W].[W].[W].[W].[W].[W].[W].[W].[W].[W].[W].[W].[W].[W].[W].[W].[W].[W]. The number of carbonyl (C=O) groups excluding carboxylic acids is 2. The second kappa shape index (κ2) is 76.5. The summed E-state index contributed by atoms with van der Waals surface area (Å²) in [6.07, 6.45) is 13.8. The Kier molecular flexibility index (Phi) is 163. The summed E-state index contributed by atoms with van der Waals surface area (Å²) in [5.41, 5.74) is 0.985. The monoisotopic (exact) mass is 6930 g/mol. The predicted octanol–water partition coefficient (Wildman–Crippen LogP) is 5.99. The van der Waals surface area contributed by atoms with E-state index in [0.29, 0.717) is 42.9 Å². The van der Waals surface area contributed by atoms with Crippen molar-refractivity contribution in [2.45, 2.75) is 142 Å². The van der Waals surface area contributed by atoms with Crippen molar-refractivity contribution < 1.29 is 747 Å². The van der Waals surface area contributed by atoms with E-state index in [9.17, 15) is 19.8 Å². The number of fused-ring (bicyclic) bond motifs is 11. The summed E-state index contributed by atoms with van der Waals surface area (Å²) in [7, 11) is 3.53. The molecule has 1 spiro atoms. The Morgan fingerprint density at radius 2 is 0.843 bits per heavy atom. The van der Waals surface area contributed by atoms with Gasteiger partial charge in [-0.1, -0.05) is 0 Å². The Morgan fingerprint density at radius 3 is 1.22 bits per heavy atom. The standard InChI is InChI=1S/C22H34O3.C20H26O4.34W/c1-14-11-15-12-22(24-4,25-5)10-9-21(15,3)19-17(23)13-20(2)8-6-7-16(20)18(14)19;1-18-6-3-4-13(18)15-12-9-20(24-17(12)23)8-11(21)5-7-19(20,2)16(15)14(22)10-18;;;;;;;;;;;;;;;;;;;;;;;;;;;;;;;;;;/h11,14,16-19,23H,6-7,9-10,12-13H2,1-5H3;12-16,22H,3-5,7-10H2,1-2H3;;;;;;;;;;;;;;;;;;;;;;;;;;;;;;;;;;/t14-,16?,17+,18?,19?,20?,21?;12-,13?,14-,15?,16?,18?,19?,20+;;;;;;;;;;;;;;;;;;;;;;;;;;;;;;;;;;/m01................................../s1. The number of ketones is 1. The zero-order chi connectivity index (χ0) is 36.7. The van der Waals surface area contributed by atoms with Crippen molar-refractivity contribution in [3.05, 3.63) is 11.6 Å². The second-order valence-electron chi connectivity index (χ2n) is 19.5. The van der Waals surface area contributed by atoms with Gasteiger partial charge < -0.3 is 0 Å². The van der Waals surface area contributed by atoms with Crippen LogP contribution in [0.5, 0.6) is 0 Å². The Hall–Kier alpha value is 21.9. The van der Waals surface area contributed by atoms with Gasteiger partial charge in [0, 0.05) is 674 Å². The van der Waals surface area contributed by atoms with Gasteiger partial charge in [0.05, 0.1) is 0 Å². The number of rotatable bonds is 2. The van der Waals surface area contributed by atoms with Gasteiger partial charge in [0.2, 0.25) is 0 Å². The van der Waals surface area contributed by atoms with E-state index in [1.54, 1.807) is 60.7 Å². The van der Waals surface area contributed by atoms with Crippen LogP contribution in [0.3, 0.4) is 0 Å². The first-order valence-electron chi connectivity index (χ1n) is 19.9. The molecule has 10 unspecified atom stereocenters. The maximum Gasteiger partial charge on any atom is 0 e. The molecule has 1 heterocycles. The van der Waals surface area contributed by atoms with Crippen LogP contribution < -0.4 is 0 Å². The number of carbonyl (C=O) groups is 2. The fourth-order valence-corrected chi connectivity index (χ4v) is 17.4. The van der Waals surface area contributed by atoms with E-state index in [-0.39, 0.29) is 731 Å². The molecule has 15 atom stereocenters. The number of hydrogen-bond acceptors (Lipinski definition) is 7. The zero-order valence-electron chi connectivity index (χ0n) is 44.9. The van der Waals surface area contributed by atoms with Crippen molar-refractivity contribution in [3.63, 3.8) is 0 Å². The van der Waals surface area contributed by atoms with Crippen LogP contribution in [0.1, 0.15) is 118 Å². The minimum absolute atomic E-state index is 0. The van der Waals surface area contributed by atoms with Gasteiger partial charge in [-0.15, -0.1) is 0 Å². The van der Waals surface area contributed by atoms with E-state index >= 15 is 0 Å². The van der Waals surface area contributed by atoms with Gasteiger partial charge in [0.25, 0.3) is 0 Å². The van der Waals surface area contributed by atoms with E-state index in [1.807, 2.05) is 0 Å². The molecule has 8 fully saturated rings. The Labute approximate surface area is 979 Å². The minimum atomic E-state index is -0.650. The van der Waals surface area contributed by atoms with E-state index in [2.05, 4.69) is 40.7 Å². The summed E-state index contributed by atoms with van der Waals surface area (Å²) in [6, 6.07) is 0. The van der Waals surface area contributed by atoms with E-state index < -0.39 is 17.5 Å². The maximum atomic E-state index is 12.9. The van der Waals surface area contributed by atoms with Gasteiger partial charge in [0.1, 0.15) is 0 Å². The number of methoxy groups -OCH3 is 2. The molecule has 83 heavy (non-hydrogen) atoms. The molecule has 2 N–H and O–H groups in total. The Balaban J connectivity index is -0.0000000254. The number of Topliss-reactive ketones (excluding diaryl/α,β-unsaturated/α-hetero) is 1. The predicted molar refractivity (Wildman–Crippen MR) is 187 cm³/mol. The van der Waals surface area contributed by atoms with Crippen LogP contribution in [0.15, 0.2) is 11.6 Å². The first-order valence-corrected chi connectivity index (χ1v) is 22.8. The van der Waals surface area contributed by atoms with Crippen LogP contribution in [0.4, 0.5) is 0 Å². The van der Waals surface area contributed by atoms with Gasteiger partial charge in [-0.25, -0.2) is 0 Å². The number of aliphatic hydroxyl groups is 2. The van der Waals surface area contributed by atoms with Crippen molar-refractivity contribution in [3.8, 4) is 0 Å². The molecule has 1 aliphatic heterocycles. The molecular formula is C42H60O7W34. The average Bonchev–Trinajstić information content (AvgIpc) is 3.66. The second-order valence-corrected chi connectivity index (χ2v) is 23.1. The molecule has 0 amide bonds. The summed E-state index contributed by atoms with van der Waals surface area (Å²) >= 11 is 3.18. The molecule has 9 aliphatic rings. The number of hydrogen-bond donors (Lipinski definition) is 2. The van der Waals surface area contributed by atoms with Crippen LogP contribution in [0.25, 0.3) is 0 Å². The fraction of sp³-hybridized carbons (Fsp3) is 0.857. The van der Waals surface area contributed by atoms with Crippen molar-refractivity contribution in [2.75, 3.05) is 14.2 Å². The smallest absolute Gasteiger partial charge is 0 e. The van der Waals surface area contributed by atoms with Crippen molar-refractivity contribution in [1.82, 2.24) is 0 Å². The van der Waals surface area contributed by atoms with Crippen LogP contribution >= 0.6 is 0 Å². The molecule has 0 aromatic rings. The maximum absolute atomic E-state index is 12.9. The average molecular weight is 6930 g/mol. The molecule has 7 saturated carbocycles. The molecule has 2 bridgehead atoms. The van der Waals surface area contributed by atoms with Crippen LogP contribution in [0.2, 0.25) is 0 Å². The van der Waals surface area contributed by atoms with Gasteiger partial charge in [-0.3, -0.25) is 0 Å². The first kappa shape index (κ1) is 177. The third kappa shape index (κ3) is 36.5. The molecule has 0 radical (unpaired) electrons. The summed E-state index contributed by atoms with van der Waals surface area (Å²) in [6.45, 7) is 11.8. The summed E-state index contributed by atoms with van der Waals surface area (Å²) < 4.78 is 20.9. The molecule has 0 aromatic heterocycles. The number of esters is 1. The van der Waals surface area contributed by atoms with Crippen LogP contribution in [-0.4, -0.2) is 67.6 Å². The van der Waals surface area contributed by atoms with Gasteiger partial charge in [0.15, 0.2) is 0 Å². The van der Waals surface area contributed by atoms with Gasteiger partial charge in [-0.05, 0) is 0 Å². The topological polar surface area (TPSA) is 102 Å². The van der Waals surface area contributed by atoms with E-state index in [4.69, 9.17) is 14.2 Å². The first-order chi connectivity index (χ1) is 23.9. The van der Waals surface area contributed by atoms with Crippen LogP contribution in [0, 0.1) is 69.0 Å². The van der Waals surface area contributed by atoms with Crippen molar-refractivity contribution >= 4 is 19.5 Å². The largest absolute Gasteiger partial charge is 0 e. The molecular weight excluding hydrogens is 6870 g/mol. The van der Waals surface area contributed by atoms with E-state index in [0.717, 1.165) is 57.3 Å². The molecule has 41 heteroatoms. The zero-order valence-corrected chi connectivity index (χ0v) is 145. The van der Waals surface area contributed by atoms with Crippen molar-refractivity contribution in [2.24, 2.45) is 69.0 Å². The quantitative estimate of drug-likeness (QED) is 0.199. The number of allylic oxidation sites excluding steroid dienone is 1. The summed E-state index contributed by atoms with van der Waals surface area (Å²) in [5.74, 6) is 2.55. The molecule has 9 rings (SSSR count). The van der Waals surface area contributed by atoms with Crippen molar-refractivity contribution in [1.29, 1.82) is 0 Å². The van der Waals surface area contributed by atoms with Gasteiger partial charge >= 0.3 is 329 Å². The minimum Gasteiger partial charge on any atom is 0 e. The van der Waals surface area contributed by atoms with Gasteiger partial charge in [-0.2, -0.15) is 0 Å². The Morgan fingerprint density at radius 1 is 0.482 bits per heavy atom. The molecule has 0 aromatic carbocycles. The van der Waals surface area contributed by atoms with E-state index in [1.165, 1.54) is 18.4 Å². The number of aliphatic hydroxyl groups excluding tert-OH is 2. The number of ether oxygens (including phenoxy) is 3. The molecule has 8 aliphatic carbocycles. The third-order valence-corrected chi connectivity index (χ3v) is 22.5. The summed E-state index contributed by atoms with van der Waals surface area (Å²) in [5, 5.41) is 22.7. The molecule has 7 nitrogen and oxygen atoms in total. The normalized spacial score (nSPS) is 32.8. The molecule has 1 saturated heterocycles.